The molecular formula is C40H43N5O3. The van der Waals surface area contributed by atoms with Gasteiger partial charge in [0.25, 0.3) is 11.8 Å². The highest BCUT2D eigenvalue weighted by Gasteiger charge is 2.36. The smallest absolute Gasteiger partial charge is 0.264 e. The van der Waals surface area contributed by atoms with Crippen LogP contribution in [0.3, 0.4) is 0 Å². The van der Waals surface area contributed by atoms with Crippen molar-refractivity contribution in [3.05, 3.63) is 104 Å². The highest BCUT2D eigenvalue weighted by atomic mass is 16.5. The number of carbonyl (C=O) groups is 2. The van der Waals surface area contributed by atoms with Gasteiger partial charge in [0.1, 0.15) is 0 Å². The normalized spacial score (nSPS) is 17.4. The zero-order chi connectivity index (χ0) is 34.2. The number of benzene rings is 1. The lowest BCUT2D eigenvalue weighted by molar-refractivity contribution is 0.0649. The summed E-state index contributed by atoms with van der Waals surface area (Å²) in [6, 6.07) is 12.7. The van der Waals surface area contributed by atoms with Crippen LogP contribution in [0.25, 0.3) is 33.3 Å². The lowest BCUT2D eigenvalue weighted by Crippen LogP contribution is -2.37. The molecule has 1 aromatic carbocycles. The number of nitrogens with zero attached hydrogens (tertiary/aromatic N) is 3. The van der Waals surface area contributed by atoms with Crippen molar-refractivity contribution in [3.8, 4) is 0 Å². The number of amides is 2. The van der Waals surface area contributed by atoms with Gasteiger partial charge in [0.15, 0.2) is 0 Å². The molecule has 246 valence electrons. The van der Waals surface area contributed by atoms with Crippen LogP contribution in [0.2, 0.25) is 0 Å². The van der Waals surface area contributed by atoms with E-state index in [2.05, 4.69) is 88.8 Å². The van der Waals surface area contributed by atoms with Gasteiger partial charge in [-0.05, 0) is 100 Å². The fraction of sp³-hybridized carbons (Fsp3) is 0.350. The summed E-state index contributed by atoms with van der Waals surface area (Å²) in [5.74, 6) is -0.496. The van der Waals surface area contributed by atoms with E-state index in [0.717, 1.165) is 79.5 Å². The maximum absolute atomic E-state index is 13.7. The fourth-order valence-corrected chi connectivity index (χ4v) is 7.71. The molecule has 0 radical (unpaired) electrons. The largest absolute Gasteiger partial charge is 0.369 e. The monoisotopic (exact) mass is 641 g/mol. The Labute approximate surface area is 281 Å². The first-order valence-corrected chi connectivity index (χ1v) is 16.8. The molecule has 2 atom stereocenters. The average molecular weight is 642 g/mol. The van der Waals surface area contributed by atoms with Gasteiger partial charge in [-0.3, -0.25) is 14.5 Å². The Balaban J connectivity index is 1.49. The summed E-state index contributed by atoms with van der Waals surface area (Å²) in [6.07, 6.45) is 1.21. The van der Waals surface area contributed by atoms with Crippen LogP contribution >= 0.6 is 0 Å². The number of H-pyrrole nitrogens is 2. The number of nitrogens with one attached hydrogen (secondary N) is 2. The van der Waals surface area contributed by atoms with E-state index >= 15 is 0 Å². The van der Waals surface area contributed by atoms with Crippen molar-refractivity contribution in [3.63, 3.8) is 0 Å². The van der Waals surface area contributed by atoms with Crippen LogP contribution in [-0.2, 0) is 17.8 Å². The van der Waals surface area contributed by atoms with Crippen LogP contribution in [0.4, 0.5) is 0 Å². The highest BCUT2D eigenvalue weighted by Crippen LogP contribution is 2.39. The van der Waals surface area contributed by atoms with Crippen LogP contribution in [0.1, 0.15) is 124 Å². The summed E-state index contributed by atoms with van der Waals surface area (Å²) in [5, 5.41) is 0. The summed E-state index contributed by atoms with van der Waals surface area (Å²) in [4.78, 5) is 45.9. The minimum absolute atomic E-state index is 0.114. The number of imide groups is 1. The second-order valence-corrected chi connectivity index (χ2v) is 13.8. The average Bonchev–Trinajstić information content (AvgIpc) is 3.73. The molecule has 8 bridgehead atoms. The van der Waals surface area contributed by atoms with E-state index in [0.29, 0.717) is 29.7 Å². The SMILES string of the molecule is CCC1=C(C)c2cc3nc(cc4[nH]c(c5c6[nH]c(cc1n2)c(C)c6C(=O)N(C)C5=O)C[C@@H]4C)C(C)=C3C(C)OCc1cc(C)cc(C)c1. The maximum atomic E-state index is 13.7. The molecule has 0 aliphatic carbocycles. The van der Waals surface area contributed by atoms with E-state index < -0.39 is 0 Å². The van der Waals surface area contributed by atoms with Crippen molar-refractivity contribution in [1.29, 1.82) is 0 Å². The lowest BCUT2D eigenvalue weighted by atomic mass is 9.97. The van der Waals surface area contributed by atoms with Crippen LogP contribution < -0.4 is 0 Å². The third-order valence-corrected chi connectivity index (χ3v) is 10.3. The van der Waals surface area contributed by atoms with Gasteiger partial charge in [0, 0.05) is 35.4 Å². The molecule has 6 heterocycles. The predicted octanol–water partition coefficient (Wildman–Crippen LogP) is 8.41. The number of carbonyl (C=O) groups excluding carboxylic acids is 2. The Morgan fingerprint density at radius 3 is 2.23 bits per heavy atom. The molecule has 0 spiro atoms. The van der Waals surface area contributed by atoms with Gasteiger partial charge in [-0.25, -0.2) is 9.97 Å². The number of aromatic amines is 2. The molecule has 7 rings (SSSR count). The van der Waals surface area contributed by atoms with Gasteiger partial charge in [-0.1, -0.05) is 43.2 Å². The number of ether oxygens (including phenoxy) is 1. The van der Waals surface area contributed by atoms with Crippen LogP contribution in [0, 0.1) is 20.8 Å². The topological polar surface area (TPSA) is 104 Å². The van der Waals surface area contributed by atoms with E-state index in [4.69, 9.17) is 14.7 Å². The third kappa shape index (κ3) is 5.10. The first kappa shape index (κ1) is 31.8. The van der Waals surface area contributed by atoms with Gasteiger partial charge in [-0.15, -0.1) is 0 Å². The molecular weight excluding hydrogens is 598 g/mol. The fourth-order valence-electron chi connectivity index (χ4n) is 7.71. The standard InChI is InChI=1S/C40H43N5O3/c1-10-27-22(5)29-17-34-35(25(8)48-18-26-12-19(2)11-20(3)13-26)23(6)30(43-34)15-28-21(4)14-33(41-28)37-38-36(39(46)45(9)40(37)47)24(7)31(44-38)16-32(27)42-29/h11-13,15-17,21,25,41,44H,10,14,18H2,1-9H3/t21-,25?/m0/s1. The molecule has 8 heteroatoms. The quantitative estimate of drug-likeness (QED) is 0.272. The van der Waals surface area contributed by atoms with E-state index in [-0.39, 0.29) is 23.8 Å². The Morgan fingerprint density at radius 2 is 1.52 bits per heavy atom. The lowest BCUT2D eigenvalue weighted by Gasteiger charge is -2.21. The van der Waals surface area contributed by atoms with Crippen molar-refractivity contribution in [2.45, 2.75) is 86.9 Å². The molecule has 4 aliphatic heterocycles. The Bertz CT molecular complexity index is 2180. The first-order valence-electron chi connectivity index (χ1n) is 16.8. The molecule has 0 saturated carbocycles. The van der Waals surface area contributed by atoms with Crippen LogP contribution in [0.5, 0.6) is 0 Å². The number of rotatable bonds is 5. The molecule has 3 aromatic rings. The number of aromatic nitrogens is 4. The van der Waals surface area contributed by atoms with Crippen molar-refractivity contribution in [2.24, 2.45) is 0 Å². The van der Waals surface area contributed by atoms with Crippen LogP contribution in [-0.4, -0.2) is 49.8 Å². The zero-order valence-electron chi connectivity index (χ0n) is 29.3. The molecule has 8 nitrogen and oxygen atoms in total. The third-order valence-electron chi connectivity index (χ3n) is 10.3. The number of hydrogen-bond acceptors (Lipinski definition) is 5. The van der Waals surface area contributed by atoms with Crippen molar-refractivity contribution in [1.82, 2.24) is 24.8 Å². The number of hydrogen-bond donors (Lipinski definition) is 2. The van der Waals surface area contributed by atoms with E-state index in [9.17, 15) is 9.59 Å². The molecule has 4 aliphatic rings. The van der Waals surface area contributed by atoms with E-state index in [1.54, 1.807) is 7.05 Å². The van der Waals surface area contributed by atoms with Crippen molar-refractivity contribution < 1.29 is 14.3 Å². The van der Waals surface area contributed by atoms with Gasteiger partial charge < -0.3 is 14.7 Å². The summed E-state index contributed by atoms with van der Waals surface area (Å²) >= 11 is 0. The predicted molar refractivity (Wildman–Crippen MR) is 191 cm³/mol. The van der Waals surface area contributed by atoms with Crippen LogP contribution in [0.15, 0.2) is 36.4 Å². The minimum Gasteiger partial charge on any atom is -0.369 e. The number of fused-ring (bicyclic) bond motifs is 8. The van der Waals surface area contributed by atoms with Gasteiger partial charge in [-0.2, -0.15) is 0 Å². The second kappa shape index (κ2) is 11.7. The maximum Gasteiger partial charge on any atom is 0.264 e. The summed E-state index contributed by atoms with van der Waals surface area (Å²) < 4.78 is 6.55. The number of aryl methyl sites for hydroxylation is 3. The highest BCUT2D eigenvalue weighted by molar-refractivity contribution is 6.23. The van der Waals surface area contributed by atoms with Crippen molar-refractivity contribution in [2.75, 3.05) is 7.05 Å². The molecule has 2 N–H and O–H groups in total. The molecule has 48 heavy (non-hydrogen) atoms. The van der Waals surface area contributed by atoms with Crippen molar-refractivity contribution >= 4 is 45.1 Å². The minimum atomic E-state index is -0.312. The molecule has 0 saturated heterocycles. The van der Waals surface area contributed by atoms with E-state index in [1.165, 1.54) is 16.0 Å². The summed E-state index contributed by atoms with van der Waals surface area (Å²) in [5.41, 5.74) is 16.3. The summed E-state index contributed by atoms with van der Waals surface area (Å²) in [7, 11) is 1.56. The summed E-state index contributed by atoms with van der Waals surface area (Å²) in [6.45, 7) is 17.3. The Kier molecular flexibility index (Phi) is 7.74. The molecule has 2 amide bonds. The second-order valence-electron chi connectivity index (χ2n) is 13.8. The number of allylic oxidation sites excluding steroid dienone is 3. The Morgan fingerprint density at radius 1 is 0.854 bits per heavy atom. The molecule has 0 fully saturated rings. The Hall–Kier alpha value is -4.82. The van der Waals surface area contributed by atoms with E-state index in [1.807, 2.05) is 13.0 Å². The first-order chi connectivity index (χ1) is 22.9. The van der Waals surface area contributed by atoms with Gasteiger partial charge >= 0.3 is 0 Å². The van der Waals surface area contributed by atoms with Gasteiger partial charge in [0.2, 0.25) is 0 Å². The molecule has 1 unspecified atom stereocenters. The van der Waals surface area contributed by atoms with Gasteiger partial charge in [0.05, 0.1) is 52.1 Å². The molecule has 2 aromatic heterocycles. The zero-order valence-corrected chi connectivity index (χ0v) is 29.3.